The second-order valence-corrected chi connectivity index (χ2v) is 9.09. The van der Waals surface area contributed by atoms with Gasteiger partial charge in [-0.15, -0.1) is 10.2 Å². The van der Waals surface area contributed by atoms with Crippen LogP contribution in [0.25, 0.3) is 10.8 Å². The molecule has 0 atom stereocenters. The van der Waals surface area contributed by atoms with E-state index in [4.69, 9.17) is 4.42 Å². The van der Waals surface area contributed by atoms with Crippen molar-refractivity contribution in [2.75, 3.05) is 16.0 Å². The van der Waals surface area contributed by atoms with Crippen LogP contribution >= 0.6 is 23.1 Å². The monoisotopic (exact) mass is 448 g/mol. The van der Waals surface area contributed by atoms with Crippen LogP contribution in [0.5, 0.6) is 0 Å². The lowest BCUT2D eigenvalue weighted by molar-refractivity contribution is -0.118. The topological polar surface area (TPSA) is 134 Å². The summed E-state index contributed by atoms with van der Waals surface area (Å²) < 4.78 is 6.18. The average Bonchev–Trinajstić information content (AvgIpc) is 3.34. The van der Waals surface area contributed by atoms with Crippen LogP contribution in [0.1, 0.15) is 37.6 Å². The summed E-state index contributed by atoms with van der Waals surface area (Å²) in [5.41, 5.74) is 0.189. The molecule has 30 heavy (non-hydrogen) atoms. The number of H-pyrrole nitrogens is 1. The third kappa shape index (κ3) is 3.97. The van der Waals surface area contributed by atoms with Gasteiger partial charge in [0.2, 0.25) is 22.8 Å². The molecule has 3 aromatic rings. The highest BCUT2D eigenvalue weighted by molar-refractivity contribution is 8.01. The first kappa shape index (κ1) is 20.5. The van der Waals surface area contributed by atoms with Gasteiger partial charge in [-0.25, -0.2) is 5.10 Å². The molecule has 12 heteroatoms. The standard InChI is InChI=1S/C18H20N6O4S2/c1-4-12(26)24(10-5-6-10)17-22-23-18(30-17)29-7-11(25)19-16-14-13(9(3)28-16)8(2)20-21-15(14)27/h10H,4-7H2,1-3H3,(H,19,25)(H,21,27). The molecule has 0 saturated heterocycles. The SMILES string of the molecule is CCC(=O)N(c1nnc(SCC(=O)Nc2oc(C)c3c(C)n[nH]c(=O)c23)s1)C1CC1. The number of nitrogens with zero attached hydrogens (tertiary/aromatic N) is 4. The van der Waals surface area contributed by atoms with E-state index in [0.717, 1.165) is 12.8 Å². The van der Waals surface area contributed by atoms with Crippen LogP contribution in [0.2, 0.25) is 0 Å². The zero-order chi connectivity index (χ0) is 21.4. The van der Waals surface area contributed by atoms with Crippen LogP contribution in [0.15, 0.2) is 13.6 Å². The number of aromatic amines is 1. The second kappa shape index (κ2) is 8.19. The number of fused-ring (bicyclic) bond motifs is 1. The Bertz CT molecular complexity index is 1180. The quantitative estimate of drug-likeness (QED) is 0.416. The highest BCUT2D eigenvalue weighted by Crippen LogP contribution is 2.36. The molecule has 4 rings (SSSR count). The van der Waals surface area contributed by atoms with E-state index < -0.39 is 5.56 Å². The van der Waals surface area contributed by atoms with Gasteiger partial charge < -0.3 is 4.42 Å². The van der Waals surface area contributed by atoms with Gasteiger partial charge in [0.25, 0.3) is 5.56 Å². The fourth-order valence-electron chi connectivity index (χ4n) is 3.15. The van der Waals surface area contributed by atoms with Crippen molar-refractivity contribution in [3.05, 3.63) is 21.8 Å². The number of carbonyl (C=O) groups is 2. The van der Waals surface area contributed by atoms with E-state index in [9.17, 15) is 14.4 Å². The van der Waals surface area contributed by atoms with Gasteiger partial charge in [0, 0.05) is 12.5 Å². The highest BCUT2D eigenvalue weighted by atomic mass is 32.2. The second-order valence-electron chi connectivity index (χ2n) is 6.91. The zero-order valence-corrected chi connectivity index (χ0v) is 18.3. The van der Waals surface area contributed by atoms with Crippen molar-refractivity contribution >= 4 is 56.7 Å². The molecule has 3 aromatic heterocycles. The Morgan fingerprint density at radius 2 is 2.07 bits per heavy atom. The van der Waals surface area contributed by atoms with Crippen LogP contribution in [-0.2, 0) is 9.59 Å². The summed E-state index contributed by atoms with van der Waals surface area (Å²) in [7, 11) is 0. The Morgan fingerprint density at radius 3 is 2.77 bits per heavy atom. The molecular weight excluding hydrogens is 428 g/mol. The molecule has 0 bridgehead atoms. The molecular formula is C18H20N6O4S2. The van der Waals surface area contributed by atoms with Gasteiger partial charge in [-0.2, -0.15) is 5.10 Å². The summed E-state index contributed by atoms with van der Waals surface area (Å²) in [6.07, 6.45) is 2.35. The number of thioether (sulfide) groups is 1. The number of aromatic nitrogens is 4. The summed E-state index contributed by atoms with van der Waals surface area (Å²) in [6, 6.07) is 0.207. The fraction of sp³-hybridized carbons (Fsp3) is 0.444. The Morgan fingerprint density at radius 1 is 1.30 bits per heavy atom. The van der Waals surface area contributed by atoms with Crippen molar-refractivity contribution in [1.29, 1.82) is 0 Å². The first-order valence-electron chi connectivity index (χ1n) is 9.45. The molecule has 0 radical (unpaired) electrons. The first-order valence-corrected chi connectivity index (χ1v) is 11.3. The van der Waals surface area contributed by atoms with Gasteiger partial charge in [-0.3, -0.25) is 24.6 Å². The molecule has 158 valence electrons. The highest BCUT2D eigenvalue weighted by Gasteiger charge is 2.35. The van der Waals surface area contributed by atoms with Crippen LogP contribution in [0, 0.1) is 13.8 Å². The van der Waals surface area contributed by atoms with Crippen LogP contribution in [-0.4, -0.2) is 44.0 Å². The molecule has 1 saturated carbocycles. The third-order valence-electron chi connectivity index (χ3n) is 4.66. The van der Waals surface area contributed by atoms with Gasteiger partial charge in [0.05, 0.1) is 16.8 Å². The molecule has 2 N–H and O–H groups in total. The van der Waals surface area contributed by atoms with E-state index in [1.54, 1.807) is 18.7 Å². The minimum atomic E-state index is -0.426. The van der Waals surface area contributed by atoms with Crippen molar-refractivity contribution in [3.8, 4) is 0 Å². The lowest BCUT2D eigenvalue weighted by Gasteiger charge is -2.17. The van der Waals surface area contributed by atoms with Crippen LogP contribution in [0.4, 0.5) is 11.0 Å². The van der Waals surface area contributed by atoms with Crippen molar-refractivity contribution in [2.45, 2.75) is 50.4 Å². The number of carbonyl (C=O) groups excluding carboxylic acids is 2. The normalized spacial score (nSPS) is 13.6. The molecule has 1 aliphatic rings. The van der Waals surface area contributed by atoms with Crippen molar-refractivity contribution < 1.29 is 14.0 Å². The molecule has 1 aliphatic carbocycles. The fourth-order valence-corrected chi connectivity index (χ4v) is 4.88. The lowest BCUT2D eigenvalue weighted by atomic mass is 10.2. The smallest absolute Gasteiger partial charge is 0.277 e. The van der Waals surface area contributed by atoms with Gasteiger partial charge in [-0.1, -0.05) is 30.0 Å². The Hall–Kier alpha value is -2.73. The summed E-state index contributed by atoms with van der Waals surface area (Å²) in [5, 5.41) is 18.6. The number of rotatable bonds is 7. The summed E-state index contributed by atoms with van der Waals surface area (Å²) in [6.45, 7) is 5.29. The third-order valence-corrected chi connectivity index (χ3v) is 6.72. The van der Waals surface area contributed by atoms with Crippen LogP contribution < -0.4 is 15.8 Å². The van der Waals surface area contributed by atoms with E-state index in [1.807, 2.05) is 6.92 Å². The van der Waals surface area contributed by atoms with Crippen molar-refractivity contribution in [2.24, 2.45) is 0 Å². The maximum atomic E-state index is 12.4. The molecule has 0 aliphatic heterocycles. The molecule has 0 unspecified atom stereocenters. The number of aryl methyl sites for hydroxylation is 2. The van der Waals surface area contributed by atoms with E-state index in [1.165, 1.54) is 23.1 Å². The number of furan rings is 1. The molecule has 3 heterocycles. The minimum Gasteiger partial charge on any atom is -0.444 e. The van der Waals surface area contributed by atoms with Gasteiger partial charge >= 0.3 is 0 Å². The lowest BCUT2D eigenvalue weighted by Crippen LogP contribution is -2.32. The summed E-state index contributed by atoms with van der Waals surface area (Å²) in [5.74, 6) is 0.357. The maximum absolute atomic E-state index is 12.4. The van der Waals surface area contributed by atoms with Crippen LogP contribution in [0.3, 0.4) is 0 Å². The largest absolute Gasteiger partial charge is 0.444 e. The Kier molecular flexibility index (Phi) is 5.60. The number of anilines is 2. The first-order chi connectivity index (χ1) is 14.4. The molecule has 1 fully saturated rings. The number of hydrogen-bond acceptors (Lipinski definition) is 9. The number of hydrogen-bond donors (Lipinski definition) is 2. The molecule has 0 spiro atoms. The summed E-state index contributed by atoms with van der Waals surface area (Å²) >= 11 is 2.50. The average molecular weight is 449 g/mol. The predicted octanol–water partition coefficient (Wildman–Crippen LogP) is 2.62. The molecule has 2 amide bonds. The van der Waals surface area contributed by atoms with Gasteiger partial charge in [-0.05, 0) is 26.7 Å². The van der Waals surface area contributed by atoms with E-state index in [-0.39, 0.29) is 34.9 Å². The van der Waals surface area contributed by atoms with E-state index >= 15 is 0 Å². The zero-order valence-electron chi connectivity index (χ0n) is 16.6. The van der Waals surface area contributed by atoms with Crippen molar-refractivity contribution in [3.63, 3.8) is 0 Å². The van der Waals surface area contributed by atoms with E-state index in [2.05, 4.69) is 25.7 Å². The Balaban J connectivity index is 1.43. The molecule has 10 nitrogen and oxygen atoms in total. The van der Waals surface area contributed by atoms with Crippen molar-refractivity contribution in [1.82, 2.24) is 20.4 Å². The maximum Gasteiger partial charge on any atom is 0.277 e. The molecule has 0 aromatic carbocycles. The Labute approximate surface area is 179 Å². The number of nitrogens with one attached hydrogen (secondary N) is 2. The minimum absolute atomic E-state index is 0.0259. The van der Waals surface area contributed by atoms with Gasteiger partial charge in [0.15, 0.2) is 4.34 Å². The summed E-state index contributed by atoms with van der Waals surface area (Å²) in [4.78, 5) is 38.5. The predicted molar refractivity (Wildman–Crippen MR) is 114 cm³/mol. The number of amides is 2. The van der Waals surface area contributed by atoms with Gasteiger partial charge in [0.1, 0.15) is 11.1 Å². The van der Waals surface area contributed by atoms with E-state index in [0.29, 0.717) is 32.7 Å².